The highest BCUT2D eigenvalue weighted by molar-refractivity contribution is 7.12. The maximum absolute atomic E-state index is 11.5. The van der Waals surface area contributed by atoms with Crippen LogP contribution in [0.1, 0.15) is 28.1 Å². The summed E-state index contributed by atoms with van der Waals surface area (Å²) in [5.74, 6) is 0.741. The van der Waals surface area contributed by atoms with Crippen molar-refractivity contribution in [3.63, 3.8) is 0 Å². The zero-order valence-corrected chi connectivity index (χ0v) is 7.28. The first-order valence-corrected chi connectivity index (χ1v) is 4.75. The molecule has 1 fully saturated rings. The lowest BCUT2D eigenvalue weighted by atomic mass is 10.1. The van der Waals surface area contributed by atoms with E-state index in [4.69, 9.17) is 0 Å². The van der Waals surface area contributed by atoms with E-state index in [0.29, 0.717) is 11.7 Å². The largest absolute Gasteiger partial charge is 0.293 e. The van der Waals surface area contributed by atoms with Crippen LogP contribution in [0.5, 0.6) is 0 Å². The quantitative estimate of drug-likeness (QED) is 0.617. The monoisotopic (exact) mass is 166 g/mol. The van der Waals surface area contributed by atoms with Gasteiger partial charge in [0.1, 0.15) is 0 Å². The number of carbonyl (C=O) groups excluding carboxylic acids is 1. The van der Waals surface area contributed by atoms with Gasteiger partial charge in [0.15, 0.2) is 5.78 Å². The third-order valence-corrected chi connectivity index (χ3v) is 3.07. The SMILES string of the molecule is Cc1ccsc1C(=O)C1CC1. The van der Waals surface area contributed by atoms with Gasteiger partial charge in [-0.3, -0.25) is 4.79 Å². The fraction of sp³-hybridized carbons (Fsp3) is 0.444. The van der Waals surface area contributed by atoms with Crippen LogP contribution in [0.2, 0.25) is 0 Å². The third kappa shape index (κ3) is 1.23. The molecule has 0 atom stereocenters. The normalized spacial score (nSPS) is 16.8. The fourth-order valence-electron chi connectivity index (χ4n) is 1.16. The van der Waals surface area contributed by atoms with Crippen molar-refractivity contribution in [1.29, 1.82) is 0 Å². The van der Waals surface area contributed by atoms with E-state index < -0.39 is 0 Å². The Morgan fingerprint density at radius 3 is 2.82 bits per heavy atom. The maximum atomic E-state index is 11.5. The summed E-state index contributed by atoms with van der Waals surface area (Å²) in [6, 6.07) is 2.01. The molecule has 1 nitrogen and oxygen atoms in total. The Balaban J connectivity index is 2.27. The van der Waals surface area contributed by atoms with Crippen LogP contribution in [0, 0.1) is 12.8 Å². The molecule has 11 heavy (non-hydrogen) atoms. The number of hydrogen-bond donors (Lipinski definition) is 0. The second-order valence-corrected chi connectivity index (χ2v) is 3.99. The Bertz CT molecular complexity index is 284. The predicted octanol–water partition coefficient (Wildman–Crippen LogP) is 2.65. The average molecular weight is 166 g/mol. The number of hydrogen-bond acceptors (Lipinski definition) is 2. The Labute approximate surface area is 70.1 Å². The van der Waals surface area contributed by atoms with Crippen LogP contribution in [0.4, 0.5) is 0 Å². The lowest BCUT2D eigenvalue weighted by molar-refractivity contribution is 0.0971. The summed E-state index contributed by atoms with van der Waals surface area (Å²) in [5, 5.41) is 1.99. The molecule has 0 bridgehead atoms. The second-order valence-electron chi connectivity index (χ2n) is 3.07. The number of Topliss-reactive ketones (excluding diaryl/α,β-unsaturated/α-hetero) is 1. The highest BCUT2D eigenvalue weighted by atomic mass is 32.1. The highest BCUT2D eigenvalue weighted by Gasteiger charge is 2.31. The van der Waals surface area contributed by atoms with Crippen molar-refractivity contribution >= 4 is 17.1 Å². The van der Waals surface area contributed by atoms with Crippen LogP contribution in [0.15, 0.2) is 11.4 Å². The predicted molar refractivity (Wildman–Crippen MR) is 46.1 cm³/mol. The van der Waals surface area contributed by atoms with Gasteiger partial charge in [-0.1, -0.05) is 0 Å². The van der Waals surface area contributed by atoms with Crippen molar-refractivity contribution in [2.24, 2.45) is 5.92 Å². The summed E-state index contributed by atoms with van der Waals surface area (Å²) >= 11 is 1.58. The first-order chi connectivity index (χ1) is 5.29. The lowest BCUT2D eigenvalue weighted by Crippen LogP contribution is -1.99. The molecule has 1 saturated carbocycles. The van der Waals surface area contributed by atoms with Crippen molar-refractivity contribution in [3.8, 4) is 0 Å². The summed E-state index contributed by atoms with van der Waals surface area (Å²) in [5.41, 5.74) is 1.15. The second kappa shape index (κ2) is 2.45. The van der Waals surface area contributed by atoms with Crippen molar-refractivity contribution < 1.29 is 4.79 Å². The molecule has 0 spiro atoms. The molecule has 0 aromatic carbocycles. The van der Waals surface area contributed by atoms with E-state index in [1.54, 1.807) is 11.3 Å². The lowest BCUT2D eigenvalue weighted by Gasteiger charge is -1.93. The molecule has 0 radical (unpaired) electrons. The van der Waals surface area contributed by atoms with Crippen LogP contribution in [-0.2, 0) is 0 Å². The van der Waals surface area contributed by atoms with Crippen LogP contribution in [-0.4, -0.2) is 5.78 Å². The van der Waals surface area contributed by atoms with Gasteiger partial charge in [0.05, 0.1) is 4.88 Å². The van der Waals surface area contributed by atoms with Gasteiger partial charge in [0.25, 0.3) is 0 Å². The van der Waals surface area contributed by atoms with Crippen LogP contribution >= 0.6 is 11.3 Å². The van der Waals surface area contributed by atoms with Gasteiger partial charge in [-0.2, -0.15) is 0 Å². The molecule has 1 aromatic heterocycles. The van der Waals surface area contributed by atoms with Gasteiger partial charge in [0.2, 0.25) is 0 Å². The Kier molecular flexibility index (Phi) is 1.57. The summed E-state index contributed by atoms with van der Waals surface area (Å²) in [4.78, 5) is 12.5. The summed E-state index contributed by atoms with van der Waals surface area (Å²) in [7, 11) is 0. The van der Waals surface area contributed by atoms with Gasteiger partial charge in [0, 0.05) is 5.92 Å². The molecular formula is C9H10OS. The molecule has 1 heterocycles. The van der Waals surface area contributed by atoms with Crippen LogP contribution in [0.25, 0.3) is 0 Å². The minimum absolute atomic E-state index is 0.368. The molecular weight excluding hydrogens is 156 g/mol. The molecule has 0 aliphatic heterocycles. The summed E-state index contributed by atoms with van der Waals surface area (Å²) < 4.78 is 0. The van der Waals surface area contributed by atoms with E-state index in [2.05, 4.69) is 0 Å². The Morgan fingerprint density at radius 2 is 2.36 bits per heavy atom. The van der Waals surface area contributed by atoms with E-state index in [0.717, 1.165) is 23.3 Å². The number of aryl methyl sites for hydroxylation is 1. The van der Waals surface area contributed by atoms with E-state index >= 15 is 0 Å². The molecule has 2 heteroatoms. The molecule has 0 amide bonds. The van der Waals surface area contributed by atoms with Gasteiger partial charge in [-0.15, -0.1) is 11.3 Å². The van der Waals surface area contributed by atoms with Gasteiger partial charge < -0.3 is 0 Å². The van der Waals surface area contributed by atoms with Crippen LogP contribution in [0.3, 0.4) is 0 Å². The first-order valence-electron chi connectivity index (χ1n) is 3.87. The van der Waals surface area contributed by atoms with Gasteiger partial charge in [-0.05, 0) is 36.8 Å². The molecule has 0 unspecified atom stereocenters. The topological polar surface area (TPSA) is 17.1 Å². The van der Waals surface area contributed by atoms with E-state index in [1.165, 1.54) is 0 Å². The Morgan fingerprint density at radius 1 is 1.64 bits per heavy atom. The van der Waals surface area contributed by atoms with Crippen molar-refractivity contribution in [2.45, 2.75) is 19.8 Å². The zero-order chi connectivity index (χ0) is 7.84. The third-order valence-electron chi connectivity index (χ3n) is 2.03. The molecule has 2 rings (SSSR count). The Hall–Kier alpha value is -0.630. The molecule has 0 saturated heterocycles. The van der Waals surface area contributed by atoms with Crippen molar-refractivity contribution in [1.82, 2.24) is 0 Å². The minimum Gasteiger partial charge on any atom is -0.293 e. The molecule has 1 aliphatic rings. The minimum atomic E-state index is 0.368. The van der Waals surface area contributed by atoms with E-state index in [-0.39, 0.29) is 0 Å². The number of thiophene rings is 1. The van der Waals surface area contributed by atoms with E-state index in [9.17, 15) is 4.79 Å². The number of carbonyl (C=O) groups is 1. The summed E-state index contributed by atoms with van der Waals surface area (Å²) in [6.07, 6.45) is 2.21. The molecule has 1 aliphatic carbocycles. The maximum Gasteiger partial charge on any atom is 0.176 e. The fourth-order valence-corrected chi connectivity index (χ4v) is 2.10. The summed E-state index contributed by atoms with van der Waals surface area (Å²) in [6.45, 7) is 2.01. The highest BCUT2D eigenvalue weighted by Crippen LogP contribution is 2.34. The van der Waals surface area contributed by atoms with Crippen molar-refractivity contribution in [2.75, 3.05) is 0 Å². The zero-order valence-electron chi connectivity index (χ0n) is 6.46. The number of rotatable bonds is 2. The smallest absolute Gasteiger partial charge is 0.176 e. The van der Waals surface area contributed by atoms with Crippen molar-refractivity contribution in [3.05, 3.63) is 21.9 Å². The van der Waals surface area contributed by atoms with Crippen LogP contribution < -0.4 is 0 Å². The average Bonchev–Trinajstić information content (AvgIpc) is 2.74. The molecule has 1 aromatic rings. The molecule has 58 valence electrons. The van der Waals surface area contributed by atoms with E-state index in [1.807, 2.05) is 18.4 Å². The number of ketones is 1. The standard InChI is InChI=1S/C9H10OS/c1-6-4-5-11-9(6)8(10)7-2-3-7/h4-5,7H,2-3H2,1H3. The van der Waals surface area contributed by atoms with Gasteiger partial charge in [-0.25, -0.2) is 0 Å². The molecule has 0 N–H and O–H groups in total. The first kappa shape index (κ1) is 7.04. The van der Waals surface area contributed by atoms with Gasteiger partial charge >= 0.3 is 0 Å².